The quantitative estimate of drug-likeness (QED) is 0.734. The SMILES string of the molecule is CCC(C)Nc1cc(NCC2CCCN2)nc(C)n1. The van der Waals surface area contributed by atoms with Gasteiger partial charge in [-0.15, -0.1) is 0 Å². The van der Waals surface area contributed by atoms with Crippen LogP contribution in [0, 0.1) is 6.92 Å². The first-order valence-electron chi connectivity index (χ1n) is 7.27. The van der Waals surface area contributed by atoms with Gasteiger partial charge in [0.25, 0.3) is 0 Å². The van der Waals surface area contributed by atoms with Crippen LogP contribution in [0.4, 0.5) is 11.6 Å². The number of hydrogen-bond donors (Lipinski definition) is 3. The van der Waals surface area contributed by atoms with Crippen LogP contribution in [-0.4, -0.2) is 35.1 Å². The van der Waals surface area contributed by atoms with Gasteiger partial charge in [0.15, 0.2) is 0 Å². The molecule has 2 heterocycles. The van der Waals surface area contributed by atoms with Gasteiger partial charge in [-0.2, -0.15) is 0 Å². The summed E-state index contributed by atoms with van der Waals surface area (Å²) < 4.78 is 0. The molecule has 0 radical (unpaired) electrons. The van der Waals surface area contributed by atoms with E-state index in [-0.39, 0.29) is 0 Å². The normalized spacial score (nSPS) is 20.3. The molecule has 0 bridgehead atoms. The van der Waals surface area contributed by atoms with E-state index in [9.17, 15) is 0 Å². The molecular formula is C14H25N5. The van der Waals surface area contributed by atoms with Crippen molar-refractivity contribution in [1.29, 1.82) is 0 Å². The van der Waals surface area contributed by atoms with Crippen LogP contribution in [-0.2, 0) is 0 Å². The lowest BCUT2D eigenvalue weighted by atomic mass is 10.2. The van der Waals surface area contributed by atoms with Crippen molar-refractivity contribution >= 4 is 11.6 Å². The van der Waals surface area contributed by atoms with Crippen LogP contribution in [0.2, 0.25) is 0 Å². The van der Waals surface area contributed by atoms with E-state index in [0.717, 1.165) is 37.0 Å². The number of anilines is 2. The summed E-state index contributed by atoms with van der Waals surface area (Å²) in [6.07, 6.45) is 3.60. The summed E-state index contributed by atoms with van der Waals surface area (Å²) in [5.41, 5.74) is 0. The molecule has 19 heavy (non-hydrogen) atoms. The Morgan fingerprint density at radius 1 is 1.42 bits per heavy atom. The predicted molar refractivity (Wildman–Crippen MR) is 79.7 cm³/mol. The van der Waals surface area contributed by atoms with Gasteiger partial charge in [-0.05, 0) is 39.7 Å². The number of aromatic nitrogens is 2. The van der Waals surface area contributed by atoms with Crippen molar-refractivity contribution in [3.8, 4) is 0 Å². The minimum Gasteiger partial charge on any atom is -0.368 e. The number of aryl methyl sites for hydroxylation is 1. The lowest BCUT2D eigenvalue weighted by molar-refractivity contribution is 0.632. The Kier molecular flexibility index (Phi) is 4.96. The van der Waals surface area contributed by atoms with Gasteiger partial charge in [-0.25, -0.2) is 9.97 Å². The van der Waals surface area contributed by atoms with Crippen molar-refractivity contribution in [2.75, 3.05) is 23.7 Å². The summed E-state index contributed by atoms with van der Waals surface area (Å²) in [5.74, 6) is 2.62. The van der Waals surface area contributed by atoms with Gasteiger partial charge in [-0.1, -0.05) is 6.92 Å². The van der Waals surface area contributed by atoms with Crippen molar-refractivity contribution in [3.05, 3.63) is 11.9 Å². The smallest absolute Gasteiger partial charge is 0.132 e. The minimum absolute atomic E-state index is 0.429. The molecule has 0 amide bonds. The topological polar surface area (TPSA) is 61.9 Å². The van der Waals surface area contributed by atoms with Gasteiger partial charge >= 0.3 is 0 Å². The molecule has 1 aliphatic heterocycles. The third-order valence-corrected chi connectivity index (χ3v) is 3.54. The molecule has 1 aromatic heterocycles. The van der Waals surface area contributed by atoms with E-state index in [2.05, 4.69) is 39.8 Å². The molecule has 1 aromatic rings. The number of nitrogens with one attached hydrogen (secondary N) is 3. The molecule has 1 fully saturated rings. The maximum Gasteiger partial charge on any atom is 0.132 e. The van der Waals surface area contributed by atoms with Crippen molar-refractivity contribution < 1.29 is 0 Å². The van der Waals surface area contributed by atoms with Gasteiger partial charge in [0.2, 0.25) is 0 Å². The number of nitrogens with zero attached hydrogens (tertiary/aromatic N) is 2. The zero-order valence-electron chi connectivity index (χ0n) is 12.2. The van der Waals surface area contributed by atoms with Crippen LogP contribution < -0.4 is 16.0 Å². The second-order valence-electron chi connectivity index (χ2n) is 5.31. The van der Waals surface area contributed by atoms with E-state index in [1.165, 1.54) is 12.8 Å². The Balaban J connectivity index is 1.95. The van der Waals surface area contributed by atoms with Crippen LogP contribution in [0.25, 0.3) is 0 Å². The highest BCUT2D eigenvalue weighted by molar-refractivity contribution is 5.48. The summed E-state index contributed by atoms with van der Waals surface area (Å²) in [7, 11) is 0. The van der Waals surface area contributed by atoms with Crippen LogP contribution in [0.15, 0.2) is 6.07 Å². The molecule has 2 rings (SSSR count). The largest absolute Gasteiger partial charge is 0.368 e. The Labute approximate surface area is 115 Å². The molecule has 5 heteroatoms. The maximum atomic E-state index is 4.44. The van der Waals surface area contributed by atoms with Crippen LogP contribution >= 0.6 is 0 Å². The molecule has 0 spiro atoms. The molecule has 1 saturated heterocycles. The first kappa shape index (κ1) is 14.1. The molecule has 5 nitrogen and oxygen atoms in total. The fraction of sp³-hybridized carbons (Fsp3) is 0.714. The highest BCUT2D eigenvalue weighted by Crippen LogP contribution is 2.14. The fourth-order valence-electron chi connectivity index (χ4n) is 2.25. The molecule has 0 aliphatic carbocycles. The summed E-state index contributed by atoms with van der Waals surface area (Å²) in [6.45, 7) is 8.32. The Morgan fingerprint density at radius 2 is 2.21 bits per heavy atom. The summed E-state index contributed by atoms with van der Waals surface area (Å²) in [4.78, 5) is 8.86. The minimum atomic E-state index is 0.429. The fourth-order valence-corrected chi connectivity index (χ4v) is 2.25. The van der Waals surface area contributed by atoms with E-state index < -0.39 is 0 Å². The van der Waals surface area contributed by atoms with E-state index in [1.54, 1.807) is 0 Å². The molecular weight excluding hydrogens is 238 g/mol. The second kappa shape index (κ2) is 6.70. The van der Waals surface area contributed by atoms with Gasteiger partial charge < -0.3 is 16.0 Å². The van der Waals surface area contributed by atoms with Crippen LogP contribution in [0.5, 0.6) is 0 Å². The molecule has 3 N–H and O–H groups in total. The Hall–Kier alpha value is -1.36. The van der Waals surface area contributed by atoms with Crippen LogP contribution in [0.3, 0.4) is 0 Å². The summed E-state index contributed by atoms with van der Waals surface area (Å²) in [6, 6.07) is 2.99. The van der Waals surface area contributed by atoms with Crippen molar-refractivity contribution in [2.45, 2.75) is 52.1 Å². The van der Waals surface area contributed by atoms with Gasteiger partial charge in [0.1, 0.15) is 17.5 Å². The van der Waals surface area contributed by atoms with Gasteiger partial charge in [-0.3, -0.25) is 0 Å². The third kappa shape index (κ3) is 4.35. The number of hydrogen-bond acceptors (Lipinski definition) is 5. The van der Waals surface area contributed by atoms with Gasteiger partial charge in [0.05, 0.1) is 0 Å². The maximum absolute atomic E-state index is 4.44. The molecule has 1 aliphatic rings. The number of rotatable bonds is 6. The first-order chi connectivity index (χ1) is 9.17. The summed E-state index contributed by atoms with van der Waals surface area (Å²) in [5, 5.41) is 10.3. The molecule has 2 atom stereocenters. The van der Waals surface area contributed by atoms with Crippen molar-refractivity contribution in [1.82, 2.24) is 15.3 Å². The zero-order valence-corrected chi connectivity index (χ0v) is 12.2. The highest BCUT2D eigenvalue weighted by Gasteiger charge is 2.13. The van der Waals surface area contributed by atoms with Crippen molar-refractivity contribution in [2.24, 2.45) is 0 Å². The monoisotopic (exact) mass is 263 g/mol. The zero-order chi connectivity index (χ0) is 13.7. The van der Waals surface area contributed by atoms with Gasteiger partial charge in [0, 0.05) is 24.7 Å². The van der Waals surface area contributed by atoms with E-state index in [0.29, 0.717) is 12.1 Å². The predicted octanol–water partition coefficient (Wildman–Crippen LogP) is 2.16. The lowest BCUT2D eigenvalue weighted by Gasteiger charge is -2.15. The molecule has 106 valence electrons. The lowest BCUT2D eigenvalue weighted by Crippen LogP contribution is -2.29. The Bertz CT molecular complexity index is 401. The van der Waals surface area contributed by atoms with E-state index in [1.807, 2.05) is 13.0 Å². The van der Waals surface area contributed by atoms with Crippen molar-refractivity contribution in [3.63, 3.8) is 0 Å². The first-order valence-corrected chi connectivity index (χ1v) is 7.27. The highest BCUT2D eigenvalue weighted by atomic mass is 15.1. The standard InChI is InChI=1S/C14H25N5/c1-4-10(2)17-14-8-13(18-11(3)19-14)16-9-12-6-5-7-15-12/h8,10,12,15H,4-7,9H2,1-3H3,(H2,16,17,18,19). The second-order valence-corrected chi connectivity index (χ2v) is 5.31. The van der Waals surface area contributed by atoms with Crippen LogP contribution in [0.1, 0.15) is 38.9 Å². The molecule has 0 saturated carbocycles. The average Bonchev–Trinajstić information content (AvgIpc) is 2.88. The molecule has 0 aromatic carbocycles. The molecule has 2 unspecified atom stereocenters. The third-order valence-electron chi connectivity index (χ3n) is 3.54. The average molecular weight is 263 g/mol. The Morgan fingerprint density at radius 3 is 2.89 bits per heavy atom. The summed E-state index contributed by atoms with van der Waals surface area (Å²) >= 11 is 0. The van der Waals surface area contributed by atoms with E-state index in [4.69, 9.17) is 0 Å². The van der Waals surface area contributed by atoms with E-state index >= 15 is 0 Å².